The van der Waals surface area contributed by atoms with E-state index in [4.69, 9.17) is 10.1 Å². The lowest BCUT2D eigenvalue weighted by atomic mass is 10.0. The predicted octanol–water partition coefficient (Wildman–Crippen LogP) is 3.81. The minimum atomic E-state index is 0.442. The molecule has 27 heavy (non-hydrogen) atoms. The maximum absolute atomic E-state index is 4.86. The minimum absolute atomic E-state index is 0.442. The Morgan fingerprint density at radius 3 is 2.96 bits per heavy atom. The van der Waals surface area contributed by atoms with E-state index in [1.54, 1.807) is 0 Å². The van der Waals surface area contributed by atoms with E-state index in [0.717, 1.165) is 65.0 Å². The summed E-state index contributed by atoms with van der Waals surface area (Å²) in [6.45, 7) is 4.21. The fourth-order valence-corrected chi connectivity index (χ4v) is 3.83. The number of imidazole rings is 1. The zero-order chi connectivity index (χ0) is 18.4. The molecule has 0 aromatic carbocycles. The van der Waals surface area contributed by atoms with Gasteiger partial charge in [-0.3, -0.25) is 0 Å². The number of hydrogen-bond donors (Lipinski definition) is 1. The third-order valence-electron chi connectivity index (χ3n) is 5.53. The molecule has 2 aliphatic carbocycles. The predicted molar refractivity (Wildman–Crippen MR) is 106 cm³/mol. The maximum atomic E-state index is 4.86. The standard InChI is InChI=1S/C21H24N6/c1-13-12-27-20(23-13)10-9-19(26-27)16-5-3-4-6-18-17(16)11-22-21(25-18)24-14(2)15-7-8-15/h5,9-12,14-15H,3-4,6-8H2,1-2H3,(H,22,24,25)/t14-/m1/s1. The molecule has 0 unspecified atom stereocenters. The molecule has 1 fully saturated rings. The van der Waals surface area contributed by atoms with E-state index >= 15 is 0 Å². The summed E-state index contributed by atoms with van der Waals surface area (Å²) in [5.74, 6) is 1.53. The Morgan fingerprint density at radius 2 is 2.11 bits per heavy atom. The van der Waals surface area contributed by atoms with Crippen LogP contribution in [0.15, 0.2) is 30.6 Å². The number of anilines is 1. The van der Waals surface area contributed by atoms with Gasteiger partial charge in [0.25, 0.3) is 0 Å². The Labute approximate surface area is 158 Å². The first kappa shape index (κ1) is 16.4. The first-order valence-corrected chi connectivity index (χ1v) is 9.84. The van der Waals surface area contributed by atoms with Crippen LogP contribution in [0, 0.1) is 12.8 Å². The summed E-state index contributed by atoms with van der Waals surface area (Å²) < 4.78 is 1.85. The van der Waals surface area contributed by atoms with Crippen LogP contribution >= 0.6 is 0 Å². The number of rotatable bonds is 4. The van der Waals surface area contributed by atoms with Gasteiger partial charge in [-0.2, -0.15) is 5.10 Å². The van der Waals surface area contributed by atoms with Crippen molar-refractivity contribution >= 4 is 17.2 Å². The molecular weight excluding hydrogens is 336 g/mol. The van der Waals surface area contributed by atoms with Crippen LogP contribution in [0.5, 0.6) is 0 Å². The number of hydrogen-bond acceptors (Lipinski definition) is 5. The molecule has 1 N–H and O–H groups in total. The zero-order valence-electron chi connectivity index (χ0n) is 15.8. The van der Waals surface area contributed by atoms with Gasteiger partial charge in [0, 0.05) is 23.4 Å². The lowest BCUT2D eigenvalue weighted by Gasteiger charge is -2.15. The van der Waals surface area contributed by atoms with Gasteiger partial charge in [-0.15, -0.1) is 0 Å². The van der Waals surface area contributed by atoms with Crippen LogP contribution in [0.3, 0.4) is 0 Å². The van der Waals surface area contributed by atoms with Gasteiger partial charge in [0.05, 0.1) is 23.3 Å². The molecule has 3 aromatic rings. The normalized spacial score (nSPS) is 17.9. The summed E-state index contributed by atoms with van der Waals surface area (Å²) in [7, 11) is 0. The van der Waals surface area contributed by atoms with Gasteiger partial charge in [0.1, 0.15) is 0 Å². The Kier molecular flexibility index (Phi) is 3.92. The largest absolute Gasteiger partial charge is 0.351 e. The molecule has 0 saturated heterocycles. The van der Waals surface area contributed by atoms with Crippen LogP contribution in [0.1, 0.15) is 55.3 Å². The maximum Gasteiger partial charge on any atom is 0.223 e. The second-order valence-corrected chi connectivity index (χ2v) is 7.74. The molecule has 0 aliphatic heterocycles. The van der Waals surface area contributed by atoms with Gasteiger partial charge in [0.15, 0.2) is 5.65 Å². The van der Waals surface area contributed by atoms with E-state index in [1.165, 1.54) is 12.8 Å². The van der Waals surface area contributed by atoms with Crippen molar-refractivity contribution in [1.82, 2.24) is 24.6 Å². The smallest absolute Gasteiger partial charge is 0.223 e. The van der Waals surface area contributed by atoms with Crippen LogP contribution in [0.25, 0.3) is 11.2 Å². The summed E-state index contributed by atoms with van der Waals surface area (Å²) in [5, 5.41) is 8.26. The molecule has 0 radical (unpaired) electrons. The van der Waals surface area contributed by atoms with E-state index in [0.29, 0.717) is 6.04 Å². The van der Waals surface area contributed by atoms with E-state index in [1.807, 2.05) is 36.0 Å². The van der Waals surface area contributed by atoms with Crippen LogP contribution in [-0.4, -0.2) is 30.6 Å². The van der Waals surface area contributed by atoms with Crippen molar-refractivity contribution in [2.75, 3.05) is 5.32 Å². The van der Waals surface area contributed by atoms with Gasteiger partial charge in [-0.1, -0.05) is 6.08 Å². The molecule has 1 saturated carbocycles. The molecule has 0 amide bonds. The lowest BCUT2D eigenvalue weighted by molar-refractivity contribution is 0.684. The quantitative estimate of drug-likeness (QED) is 0.766. The highest BCUT2D eigenvalue weighted by Gasteiger charge is 2.28. The van der Waals surface area contributed by atoms with Crippen molar-refractivity contribution in [1.29, 1.82) is 0 Å². The summed E-state index contributed by atoms with van der Waals surface area (Å²) in [6.07, 6.45) is 11.9. The highest BCUT2D eigenvalue weighted by atomic mass is 15.2. The van der Waals surface area contributed by atoms with Crippen molar-refractivity contribution < 1.29 is 0 Å². The van der Waals surface area contributed by atoms with Crippen molar-refractivity contribution in [2.24, 2.45) is 5.92 Å². The summed E-state index contributed by atoms with van der Waals surface area (Å²) in [4.78, 5) is 13.9. The van der Waals surface area contributed by atoms with E-state index in [-0.39, 0.29) is 0 Å². The van der Waals surface area contributed by atoms with Crippen LogP contribution in [-0.2, 0) is 6.42 Å². The fourth-order valence-electron chi connectivity index (χ4n) is 3.83. The number of aromatic nitrogens is 5. The number of allylic oxidation sites excluding steroid dienone is 1. The van der Waals surface area contributed by atoms with E-state index < -0.39 is 0 Å². The van der Waals surface area contributed by atoms with Crippen LogP contribution < -0.4 is 5.32 Å². The van der Waals surface area contributed by atoms with Gasteiger partial charge < -0.3 is 5.32 Å². The second kappa shape index (κ2) is 6.44. The summed E-state index contributed by atoms with van der Waals surface area (Å²) in [5.41, 5.74) is 6.12. The Morgan fingerprint density at radius 1 is 1.22 bits per heavy atom. The molecule has 1 atom stereocenters. The van der Waals surface area contributed by atoms with Gasteiger partial charge in [-0.25, -0.2) is 19.5 Å². The molecule has 0 spiro atoms. The lowest BCUT2D eigenvalue weighted by Crippen LogP contribution is -2.19. The van der Waals surface area contributed by atoms with Crippen molar-refractivity contribution in [3.05, 3.63) is 53.2 Å². The van der Waals surface area contributed by atoms with Crippen LogP contribution in [0.4, 0.5) is 5.95 Å². The van der Waals surface area contributed by atoms with Crippen molar-refractivity contribution in [2.45, 2.75) is 52.0 Å². The average Bonchev–Trinajstić information content (AvgIpc) is 3.45. The molecule has 2 aliphatic rings. The minimum Gasteiger partial charge on any atom is -0.351 e. The Balaban J connectivity index is 1.50. The topological polar surface area (TPSA) is 68.0 Å². The summed E-state index contributed by atoms with van der Waals surface area (Å²) in [6, 6.07) is 4.51. The third-order valence-corrected chi connectivity index (χ3v) is 5.53. The first-order valence-electron chi connectivity index (χ1n) is 9.84. The molecule has 6 heteroatoms. The molecule has 138 valence electrons. The second-order valence-electron chi connectivity index (χ2n) is 7.74. The monoisotopic (exact) mass is 360 g/mol. The van der Waals surface area contributed by atoms with Gasteiger partial charge >= 0.3 is 0 Å². The summed E-state index contributed by atoms with van der Waals surface area (Å²) >= 11 is 0. The average molecular weight is 360 g/mol. The van der Waals surface area contributed by atoms with E-state index in [9.17, 15) is 0 Å². The molecule has 5 rings (SSSR count). The highest BCUT2D eigenvalue weighted by Crippen LogP contribution is 2.34. The van der Waals surface area contributed by atoms with Crippen molar-refractivity contribution in [3.8, 4) is 0 Å². The SMILES string of the molecule is Cc1cn2nc(C3=CCCCc4nc(N[C@H](C)C5CC5)ncc43)ccc2n1. The number of aryl methyl sites for hydroxylation is 2. The van der Waals surface area contributed by atoms with Crippen molar-refractivity contribution in [3.63, 3.8) is 0 Å². The molecule has 3 aromatic heterocycles. The number of fused-ring (bicyclic) bond motifs is 2. The fraction of sp³-hybridized carbons (Fsp3) is 0.429. The van der Waals surface area contributed by atoms with E-state index in [2.05, 4.69) is 28.3 Å². The van der Waals surface area contributed by atoms with Gasteiger partial charge in [0.2, 0.25) is 5.95 Å². The first-order chi connectivity index (χ1) is 13.2. The zero-order valence-corrected chi connectivity index (χ0v) is 15.8. The Hall–Kier alpha value is -2.76. The Bertz CT molecular complexity index is 1030. The third kappa shape index (κ3) is 3.20. The molecule has 0 bridgehead atoms. The van der Waals surface area contributed by atoms with Crippen LogP contribution in [0.2, 0.25) is 0 Å². The highest BCUT2D eigenvalue weighted by molar-refractivity contribution is 5.79. The number of nitrogens with zero attached hydrogens (tertiary/aromatic N) is 5. The molecule has 6 nitrogen and oxygen atoms in total. The number of nitrogens with one attached hydrogen (secondary N) is 1. The van der Waals surface area contributed by atoms with Gasteiger partial charge in [-0.05, 0) is 64.0 Å². The molecular formula is C21H24N6. The molecule has 3 heterocycles.